The van der Waals surface area contributed by atoms with Crippen LogP contribution in [0.1, 0.15) is 5.56 Å². The highest BCUT2D eigenvalue weighted by atomic mass is 32.2. The fourth-order valence-electron chi connectivity index (χ4n) is 1.70. The van der Waals surface area contributed by atoms with Gasteiger partial charge in [-0.25, -0.2) is 4.79 Å². The summed E-state index contributed by atoms with van der Waals surface area (Å²) in [4.78, 5) is 11.8. The molecule has 1 aliphatic heterocycles. The maximum absolute atomic E-state index is 11.6. The van der Waals surface area contributed by atoms with Gasteiger partial charge in [0.15, 0.2) is 4.91 Å². The number of methoxy groups -OCH3 is 1. The van der Waals surface area contributed by atoms with Gasteiger partial charge in [-0.3, -0.25) is 0 Å². The summed E-state index contributed by atoms with van der Waals surface area (Å²) in [5, 5.41) is 10.1. The number of carbonyl (C=O) groups excluding carboxylic acids is 1. The van der Waals surface area contributed by atoms with Crippen LogP contribution in [-0.4, -0.2) is 24.7 Å². The van der Waals surface area contributed by atoms with E-state index in [1.165, 1.54) is 7.11 Å². The molecule has 0 saturated carbocycles. The van der Waals surface area contributed by atoms with E-state index in [-0.39, 0.29) is 10.7 Å². The van der Waals surface area contributed by atoms with Crippen LogP contribution in [0.5, 0.6) is 0 Å². The maximum Gasteiger partial charge on any atom is 0.350 e. The van der Waals surface area contributed by atoms with Crippen LogP contribution < -0.4 is 4.31 Å². The van der Waals surface area contributed by atoms with E-state index in [9.17, 15) is 9.90 Å². The summed E-state index contributed by atoms with van der Waals surface area (Å²) in [6, 6.07) is 7.34. The van der Waals surface area contributed by atoms with Crippen molar-refractivity contribution in [2.75, 3.05) is 18.0 Å². The fraction of sp³-hybridized carbons (Fsp3) is 0.154. The molecule has 1 aliphatic rings. The van der Waals surface area contributed by atoms with Crippen LogP contribution in [0.3, 0.4) is 0 Å². The smallest absolute Gasteiger partial charge is 0.350 e. The minimum Gasteiger partial charge on any atom is -0.506 e. The number of hydrogen-bond acceptors (Lipinski definition) is 5. The van der Waals surface area contributed by atoms with E-state index in [1.54, 1.807) is 12.1 Å². The number of hydrogen-bond donors (Lipinski definition) is 1. The molecule has 0 unspecified atom stereocenters. The van der Waals surface area contributed by atoms with Gasteiger partial charge in [0.25, 0.3) is 0 Å². The Kier molecular flexibility index (Phi) is 3.62. The lowest BCUT2D eigenvalue weighted by Crippen LogP contribution is -2.22. The first-order chi connectivity index (χ1) is 8.69. The molecule has 0 bridgehead atoms. The SMILES string of the molecule is C=CCN1SC(C(=O)OC)=C(O)c2ccccc21. The number of fused-ring (bicyclic) bond motifs is 1. The van der Waals surface area contributed by atoms with Crippen molar-refractivity contribution >= 4 is 29.4 Å². The van der Waals surface area contributed by atoms with Crippen molar-refractivity contribution in [2.45, 2.75) is 0 Å². The molecule has 94 valence electrons. The van der Waals surface area contributed by atoms with Crippen molar-refractivity contribution in [1.82, 2.24) is 0 Å². The van der Waals surface area contributed by atoms with Gasteiger partial charge in [0.2, 0.25) is 0 Å². The zero-order chi connectivity index (χ0) is 13.1. The van der Waals surface area contributed by atoms with Gasteiger partial charge in [0, 0.05) is 12.1 Å². The van der Waals surface area contributed by atoms with Crippen molar-refractivity contribution in [3.05, 3.63) is 47.4 Å². The van der Waals surface area contributed by atoms with E-state index >= 15 is 0 Å². The lowest BCUT2D eigenvalue weighted by atomic mass is 10.1. The van der Waals surface area contributed by atoms with E-state index in [0.717, 1.165) is 17.6 Å². The lowest BCUT2D eigenvalue weighted by Gasteiger charge is -2.29. The van der Waals surface area contributed by atoms with Gasteiger partial charge in [-0.15, -0.1) is 6.58 Å². The largest absolute Gasteiger partial charge is 0.506 e. The molecule has 1 N–H and O–H groups in total. The number of ether oxygens (including phenoxy) is 1. The van der Waals surface area contributed by atoms with Gasteiger partial charge in [-0.2, -0.15) is 0 Å². The summed E-state index contributed by atoms with van der Waals surface area (Å²) >= 11 is 1.16. The van der Waals surface area contributed by atoms with Crippen molar-refractivity contribution in [2.24, 2.45) is 0 Å². The number of rotatable bonds is 3. The van der Waals surface area contributed by atoms with Crippen molar-refractivity contribution in [3.63, 3.8) is 0 Å². The number of aliphatic hydroxyl groups is 1. The van der Waals surface area contributed by atoms with Gasteiger partial charge in [0.05, 0.1) is 12.8 Å². The minimum atomic E-state index is -0.541. The molecule has 0 atom stereocenters. The molecular formula is C13H13NO3S. The molecule has 0 fully saturated rings. The summed E-state index contributed by atoms with van der Waals surface area (Å²) < 4.78 is 6.55. The molecule has 5 heteroatoms. The van der Waals surface area contributed by atoms with E-state index in [1.807, 2.05) is 22.5 Å². The second kappa shape index (κ2) is 5.18. The Bertz CT molecular complexity index is 525. The topological polar surface area (TPSA) is 49.8 Å². The minimum absolute atomic E-state index is 0.0391. The molecule has 0 spiro atoms. The van der Waals surface area contributed by atoms with Crippen molar-refractivity contribution in [1.29, 1.82) is 0 Å². The van der Waals surface area contributed by atoms with Gasteiger partial charge >= 0.3 is 5.97 Å². The second-order valence-electron chi connectivity index (χ2n) is 3.63. The predicted octanol–water partition coefficient (Wildman–Crippen LogP) is 2.74. The summed E-state index contributed by atoms with van der Waals surface area (Å²) in [7, 11) is 1.29. The average Bonchev–Trinajstić information content (AvgIpc) is 2.41. The Labute approximate surface area is 110 Å². The average molecular weight is 263 g/mol. The first kappa shape index (κ1) is 12.6. The Hall–Kier alpha value is -1.88. The maximum atomic E-state index is 11.6. The standard InChI is InChI=1S/C13H13NO3S/c1-3-8-14-10-7-5-4-6-9(10)11(15)12(18-14)13(16)17-2/h3-7,15H,1,8H2,2H3. The molecule has 0 radical (unpaired) electrons. The molecule has 4 nitrogen and oxygen atoms in total. The van der Waals surface area contributed by atoms with E-state index in [0.29, 0.717) is 12.1 Å². The molecule has 0 amide bonds. The molecular weight excluding hydrogens is 250 g/mol. The Morgan fingerprint density at radius 1 is 1.56 bits per heavy atom. The quantitative estimate of drug-likeness (QED) is 0.516. The summed E-state index contributed by atoms with van der Waals surface area (Å²) in [6.07, 6.45) is 1.74. The number of aliphatic hydroxyl groups excluding tert-OH is 1. The summed E-state index contributed by atoms with van der Waals surface area (Å²) in [6.45, 7) is 4.25. The van der Waals surface area contributed by atoms with Gasteiger partial charge in [-0.1, -0.05) is 18.2 Å². The van der Waals surface area contributed by atoms with E-state index < -0.39 is 5.97 Å². The third-order valence-electron chi connectivity index (χ3n) is 2.51. The first-order valence-electron chi connectivity index (χ1n) is 5.36. The zero-order valence-corrected chi connectivity index (χ0v) is 10.7. The van der Waals surface area contributed by atoms with Crippen LogP contribution in [0.25, 0.3) is 5.76 Å². The summed E-state index contributed by atoms with van der Waals surface area (Å²) in [5.74, 6) is -0.580. The van der Waals surface area contributed by atoms with Crippen LogP contribution in [0.2, 0.25) is 0 Å². The van der Waals surface area contributed by atoms with Crippen LogP contribution in [0.15, 0.2) is 41.8 Å². The van der Waals surface area contributed by atoms with Gasteiger partial charge in [-0.05, 0) is 24.1 Å². The normalized spacial score (nSPS) is 14.2. The third-order valence-corrected chi connectivity index (χ3v) is 3.62. The molecule has 18 heavy (non-hydrogen) atoms. The molecule has 1 aromatic carbocycles. The fourth-order valence-corrected chi connectivity index (χ4v) is 2.71. The number of anilines is 1. The Morgan fingerprint density at radius 2 is 2.28 bits per heavy atom. The lowest BCUT2D eigenvalue weighted by molar-refractivity contribution is -0.135. The number of para-hydroxylation sites is 1. The van der Waals surface area contributed by atoms with Gasteiger partial charge < -0.3 is 14.1 Å². The summed E-state index contributed by atoms with van der Waals surface area (Å²) in [5.41, 5.74) is 1.48. The van der Waals surface area contributed by atoms with Crippen molar-refractivity contribution < 1.29 is 14.6 Å². The van der Waals surface area contributed by atoms with Gasteiger partial charge in [0.1, 0.15) is 5.76 Å². The van der Waals surface area contributed by atoms with Crippen molar-refractivity contribution in [3.8, 4) is 0 Å². The molecule has 2 rings (SSSR count). The zero-order valence-electron chi connectivity index (χ0n) is 9.92. The highest BCUT2D eigenvalue weighted by Crippen LogP contribution is 2.42. The Balaban J connectivity index is 2.52. The number of esters is 1. The Morgan fingerprint density at radius 3 is 2.94 bits per heavy atom. The molecule has 0 aromatic heterocycles. The molecule has 0 aliphatic carbocycles. The highest BCUT2D eigenvalue weighted by molar-refractivity contribution is 8.05. The first-order valence-corrected chi connectivity index (χ1v) is 6.13. The van der Waals surface area contributed by atoms with Crippen LogP contribution in [0, 0.1) is 0 Å². The molecule has 0 saturated heterocycles. The number of benzene rings is 1. The van der Waals surface area contributed by atoms with Crippen LogP contribution >= 0.6 is 11.9 Å². The van der Waals surface area contributed by atoms with Crippen LogP contribution in [0.4, 0.5) is 5.69 Å². The molecule has 1 heterocycles. The second-order valence-corrected chi connectivity index (χ2v) is 4.66. The monoisotopic (exact) mass is 263 g/mol. The third kappa shape index (κ3) is 2.09. The number of nitrogens with zero attached hydrogens (tertiary/aromatic N) is 1. The predicted molar refractivity (Wildman–Crippen MR) is 73.1 cm³/mol. The molecule has 1 aromatic rings. The van der Waals surface area contributed by atoms with Crippen LogP contribution in [-0.2, 0) is 9.53 Å². The van der Waals surface area contributed by atoms with E-state index in [4.69, 9.17) is 0 Å². The highest BCUT2D eigenvalue weighted by Gasteiger charge is 2.29. The van der Waals surface area contributed by atoms with E-state index in [2.05, 4.69) is 11.3 Å². The number of carbonyl (C=O) groups is 1.